The number of benzene rings is 1. The minimum Gasteiger partial charge on any atom is -0.466 e. The maximum absolute atomic E-state index is 12.1. The Kier molecular flexibility index (Phi) is 4.45. The fraction of sp³-hybridized carbons (Fsp3) is 0.294. The molecule has 0 spiro atoms. The van der Waals surface area contributed by atoms with Gasteiger partial charge in [0.05, 0.1) is 16.3 Å². The first kappa shape index (κ1) is 15.7. The number of nitrogens with one attached hydrogen (secondary N) is 1. The second kappa shape index (κ2) is 6.52. The number of carbonyl (C=O) groups excluding carboxylic acids is 1. The van der Waals surface area contributed by atoms with Gasteiger partial charge in [-0.3, -0.25) is 4.79 Å². The predicted molar refractivity (Wildman–Crippen MR) is 89.7 cm³/mol. The molecule has 0 aliphatic heterocycles. The molecule has 0 fully saturated rings. The molecule has 0 aliphatic carbocycles. The van der Waals surface area contributed by atoms with E-state index in [1.54, 1.807) is 0 Å². The second-order valence-corrected chi connectivity index (χ2v) is 6.45. The summed E-state index contributed by atoms with van der Waals surface area (Å²) in [4.78, 5) is 16.5. The Morgan fingerprint density at radius 3 is 2.87 bits per heavy atom. The number of aliphatic hydroxyl groups excluding tert-OH is 1. The number of para-hydroxylation sites is 1. The number of hydrogen-bond acceptors (Lipinski definition) is 5. The summed E-state index contributed by atoms with van der Waals surface area (Å²) in [5.41, 5.74) is 1.60. The van der Waals surface area contributed by atoms with Crippen molar-refractivity contribution in [1.82, 2.24) is 10.3 Å². The Bertz CT molecular complexity index is 804. The maximum Gasteiger partial charge on any atom is 0.280 e. The standard InChI is InChI=1S/C17H18N2O3S/c1-10-9-12(11(2)22-10)14(20)7-8-18-16(21)17-19-13-5-3-4-6-15(13)23-17/h3-6,9,14,20H,7-8H2,1-2H3,(H,18,21). The number of fused-ring (bicyclic) bond motifs is 1. The van der Waals surface area contributed by atoms with Crippen LogP contribution < -0.4 is 5.32 Å². The van der Waals surface area contributed by atoms with E-state index in [1.165, 1.54) is 11.3 Å². The Morgan fingerprint density at radius 2 is 2.17 bits per heavy atom. The molecule has 0 aliphatic rings. The third-order valence-corrected chi connectivity index (χ3v) is 4.66. The third kappa shape index (κ3) is 3.43. The van der Waals surface area contributed by atoms with Crippen LogP contribution in [0, 0.1) is 13.8 Å². The number of thiazole rings is 1. The molecule has 120 valence electrons. The van der Waals surface area contributed by atoms with Gasteiger partial charge in [-0.15, -0.1) is 11.3 Å². The van der Waals surface area contributed by atoms with Crippen molar-refractivity contribution in [3.05, 3.63) is 52.4 Å². The summed E-state index contributed by atoms with van der Waals surface area (Å²) in [7, 11) is 0. The highest BCUT2D eigenvalue weighted by Gasteiger charge is 2.16. The Morgan fingerprint density at radius 1 is 1.39 bits per heavy atom. The van der Waals surface area contributed by atoms with Crippen molar-refractivity contribution in [3.63, 3.8) is 0 Å². The van der Waals surface area contributed by atoms with Gasteiger partial charge in [0, 0.05) is 12.1 Å². The summed E-state index contributed by atoms with van der Waals surface area (Å²) in [6, 6.07) is 9.48. The minimum absolute atomic E-state index is 0.210. The highest BCUT2D eigenvalue weighted by Crippen LogP contribution is 2.24. The SMILES string of the molecule is Cc1cc(C(O)CCNC(=O)c2nc3ccccc3s2)c(C)o1. The summed E-state index contributed by atoms with van der Waals surface area (Å²) >= 11 is 1.37. The van der Waals surface area contributed by atoms with Crippen LogP contribution in [0.15, 0.2) is 34.7 Å². The van der Waals surface area contributed by atoms with Gasteiger partial charge in [0.15, 0.2) is 5.01 Å². The number of aromatic nitrogens is 1. The van der Waals surface area contributed by atoms with Crippen molar-refractivity contribution in [2.45, 2.75) is 26.4 Å². The molecule has 0 radical (unpaired) electrons. The zero-order valence-corrected chi connectivity index (χ0v) is 13.8. The fourth-order valence-corrected chi connectivity index (χ4v) is 3.39. The largest absolute Gasteiger partial charge is 0.466 e. The van der Waals surface area contributed by atoms with Crippen LogP contribution in [-0.4, -0.2) is 22.5 Å². The molecule has 0 bridgehead atoms. The number of hydrogen-bond donors (Lipinski definition) is 2. The molecule has 2 aromatic heterocycles. The topological polar surface area (TPSA) is 75.4 Å². The average Bonchev–Trinajstić information content (AvgIpc) is 3.09. The number of aryl methyl sites for hydroxylation is 2. The second-order valence-electron chi connectivity index (χ2n) is 5.42. The van der Waals surface area contributed by atoms with Crippen LogP contribution in [0.1, 0.15) is 39.4 Å². The van der Waals surface area contributed by atoms with E-state index in [4.69, 9.17) is 4.42 Å². The molecule has 6 heteroatoms. The van der Waals surface area contributed by atoms with Gasteiger partial charge in [-0.25, -0.2) is 4.98 Å². The molecule has 0 saturated carbocycles. The molecule has 1 unspecified atom stereocenters. The molecule has 1 aromatic carbocycles. The van der Waals surface area contributed by atoms with Gasteiger partial charge in [0.25, 0.3) is 5.91 Å². The molecule has 3 rings (SSSR count). The lowest BCUT2D eigenvalue weighted by molar-refractivity contribution is 0.0942. The molecule has 2 N–H and O–H groups in total. The van der Waals surface area contributed by atoms with Crippen LogP contribution in [0.4, 0.5) is 0 Å². The molecule has 3 aromatic rings. The van der Waals surface area contributed by atoms with E-state index in [2.05, 4.69) is 10.3 Å². The molecular weight excluding hydrogens is 312 g/mol. The Labute approximate surface area is 138 Å². The normalized spacial score (nSPS) is 12.5. The monoisotopic (exact) mass is 330 g/mol. The number of furan rings is 1. The van der Waals surface area contributed by atoms with Gasteiger partial charge in [-0.1, -0.05) is 12.1 Å². The summed E-state index contributed by atoms with van der Waals surface area (Å²) in [6.07, 6.45) is -0.223. The van der Waals surface area contributed by atoms with E-state index >= 15 is 0 Å². The lowest BCUT2D eigenvalue weighted by atomic mass is 10.1. The van der Waals surface area contributed by atoms with E-state index < -0.39 is 6.10 Å². The maximum atomic E-state index is 12.1. The Balaban J connectivity index is 1.57. The molecule has 23 heavy (non-hydrogen) atoms. The van der Waals surface area contributed by atoms with Gasteiger partial charge in [0.2, 0.25) is 0 Å². The van der Waals surface area contributed by atoms with Crippen molar-refractivity contribution < 1.29 is 14.3 Å². The van der Waals surface area contributed by atoms with Crippen LogP contribution >= 0.6 is 11.3 Å². The van der Waals surface area contributed by atoms with Crippen LogP contribution in [0.5, 0.6) is 0 Å². The first-order chi connectivity index (χ1) is 11.0. The number of rotatable bonds is 5. The van der Waals surface area contributed by atoms with Gasteiger partial charge < -0.3 is 14.8 Å². The van der Waals surface area contributed by atoms with E-state index in [-0.39, 0.29) is 5.91 Å². The summed E-state index contributed by atoms with van der Waals surface area (Å²) in [5.74, 6) is 1.28. The molecule has 1 amide bonds. The first-order valence-electron chi connectivity index (χ1n) is 7.43. The van der Waals surface area contributed by atoms with Crippen molar-refractivity contribution >= 4 is 27.5 Å². The minimum atomic E-state index is -0.650. The van der Waals surface area contributed by atoms with E-state index in [0.717, 1.165) is 21.5 Å². The van der Waals surface area contributed by atoms with Crippen molar-refractivity contribution in [1.29, 1.82) is 0 Å². The highest BCUT2D eigenvalue weighted by atomic mass is 32.1. The lowest BCUT2D eigenvalue weighted by Crippen LogP contribution is -2.25. The predicted octanol–water partition coefficient (Wildman–Crippen LogP) is 3.36. The van der Waals surface area contributed by atoms with Crippen LogP contribution in [0.25, 0.3) is 10.2 Å². The number of amides is 1. The summed E-state index contributed by atoms with van der Waals surface area (Å²) < 4.78 is 6.40. The zero-order chi connectivity index (χ0) is 16.4. The van der Waals surface area contributed by atoms with Crippen molar-refractivity contribution in [2.75, 3.05) is 6.54 Å². The zero-order valence-electron chi connectivity index (χ0n) is 13.0. The third-order valence-electron chi connectivity index (χ3n) is 3.63. The highest BCUT2D eigenvalue weighted by molar-refractivity contribution is 7.20. The average molecular weight is 330 g/mol. The van der Waals surface area contributed by atoms with Gasteiger partial charge in [-0.05, 0) is 38.5 Å². The molecule has 5 nitrogen and oxygen atoms in total. The molecule has 1 atom stereocenters. The van der Waals surface area contributed by atoms with E-state index in [9.17, 15) is 9.90 Å². The number of aliphatic hydroxyl groups is 1. The van der Waals surface area contributed by atoms with Gasteiger partial charge >= 0.3 is 0 Å². The number of nitrogens with zero attached hydrogens (tertiary/aromatic N) is 1. The van der Waals surface area contributed by atoms with E-state index in [0.29, 0.717) is 23.7 Å². The summed E-state index contributed by atoms with van der Waals surface area (Å²) in [5, 5.41) is 13.4. The van der Waals surface area contributed by atoms with Crippen molar-refractivity contribution in [2.24, 2.45) is 0 Å². The fourth-order valence-electron chi connectivity index (χ4n) is 2.50. The van der Waals surface area contributed by atoms with Gasteiger partial charge in [-0.2, -0.15) is 0 Å². The Hall–Kier alpha value is -2.18. The van der Waals surface area contributed by atoms with Crippen LogP contribution in [0.3, 0.4) is 0 Å². The quantitative estimate of drug-likeness (QED) is 0.752. The summed E-state index contributed by atoms with van der Waals surface area (Å²) in [6.45, 7) is 4.04. The smallest absolute Gasteiger partial charge is 0.280 e. The van der Waals surface area contributed by atoms with E-state index in [1.807, 2.05) is 44.2 Å². The van der Waals surface area contributed by atoms with Crippen molar-refractivity contribution in [3.8, 4) is 0 Å². The molecule has 2 heterocycles. The van der Waals surface area contributed by atoms with Gasteiger partial charge in [0.1, 0.15) is 11.5 Å². The van der Waals surface area contributed by atoms with Crippen LogP contribution in [-0.2, 0) is 0 Å². The first-order valence-corrected chi connectivity index (χ1v) is 8.25. The number of carbonyl (C=O) groups is 1. The lowest BCUT2D eigenvalue weighted by Gasteiger charge is -2.09. The molecule has 0 saturated heterocycles. The van der Waals surface area contributed by atoms with Crippen LogP contribution in [0.2, 0.25) is 0 Å². The molecular formula is C17H18N2O3S.